The molecule has 1 heterocycles. The summed E-state index contributed by atoms with van der Waals surface area (Å²) in [5, 5.41) is 3.03. The van der Waals surface area contributed by atoms with Gasteiger partial charge < -0.3 is 10.2 Å². The molecule has 0 radical (unpaired) electrons. The molecule has 1 saturated carbocycles. The topological polar surface area (TPSA) is 49.4 Å². The van der Waals surface area contributed by atoms with Crippen LogP contribution in [0, 0.1) is 0 Å². The highest BCUT2D eigenvalue weighted by atomic mass is 16.2. The summed E-state index contributed by atoms with van der Waals surface area (Å²) < 4.78 is 0. The van der Waals surface area contributed by atoms with E-state index in [2.05, 4.69) is 12.2 Å². The van der Waals surface area contributed by atoms with Crippen LogP contribution in [0.15, 0.2) is 0 Å². The molecule has 0 spiro atoms. The first-order valence-electron chi connectivity index (χ1n) is 8.32. The summed E-state index contributed by atoms with van der Waals surface area (Å²) >= 11 is 0. The third kappa shape index (κ3) is 4.50. The van der Waals surface area contributed by atoms with Crippen LogP contribution in [-0.4, -0.2) is 35.3 Å². The SMILES string of the molecule is CCCCCCCC(=O)N1CCC[C@H]1C(=O)NC1CC1. The molecule has 0 bridgehead atoms. The van der Waals surface area contributed by atoms with E-state index in [0.29, 0.717) is 12.5 Å². The first kappa shape index (κ1) is 15.3. The molecule has 4 nitrogen and oxygen atoms in total. The van der Waals surface area contributed by atoms with Crippen LogP contribution in [0.25, 0.3) is 0 Å². The Hall–Kier alpha value is -1.06. The van der Waals surface area contributed by atoms with Crippen LogP contribution in [0.2, 0.25) is 0 Å². The van der Waals surface area contributed by atoms with Crippen LogP contribution >= 0.6 is 0 Å². The van der Waals surface area contributed by atoms with Crippen LogP contribution in [0.4, 0.5) is 0 Å². The van der Waals surface area contributed by atoms with Crippen LogP contribution in [0.1, 0.15) is 71.1 Å². The van der Waals surface area contributed by atoms with Gasteiger partial charge in [-0.15, -0.1) is 0 Å². The molecule has 1 N–H and O–H groups in total. The molecule has 2 aliphatic rings. The maximum Gasteiger partial charge on any atom is 0.243 e. The summed E-state index contributed by atoms with van der Waals surface area (Å²) in [6.45, 7) is 2.95. The monoisotopic (exact) mass is 280 g/mol. The Labute approximate surface area is 122 Å². The number of carbonyl (C=O) groups excluding carboxylic acids is 2. The molecule has 1 atom stereocenters. The van der Waals surface area contributed by atoms with E-state index in [0.717, 1.165) is 45.1 Å². The van der Waals surface area contributed by atoms with Crippen molar-refractivity contribution >= 4 is 11.8 Å². The molecule has 0 unspecified atom stereocenters. The van der Waals surface area contributed by atoms with Crippen molar-refractivity contribution in [3.63, 3.8) is 0 Å². The first-order valence-corrected chi connectivity index (χ1v) is 8.32. The Morgan fingerprint density at radius 3 is 2.55 bits per heavy atom. The van der Waals surface area contributed by atoms with Crippen molar-refractivity contribution in [2.75, 3.05) is 6.54 Å². The van der Waals surface area contributed by atoms with E-state index in [9.17, 15) is 9.59 Å². The number of nitrogens with one attached hydrogen (secondary N) is 1. The number of hydrogen-bond donors (Lipinski definition) is 1. The lowest BCUT2D eigenvalue weighted by atomic mass is 10.1. The van der Waals surface area contributed by atoms with Crippen molar-refractivity contribution in [1.82, 2.24) is 10.2 Å². The van der Waals surface area contributed by atoms with Crippen LogP contribution in [-0.2, 0) is 9.59 Å². The zero-order chi connectivity index (χ0) is 14.4. The van der Waals surface area contributed by atoms with Crippen molar-refractivity contribution in [2.24, 2.45) is 0 Å². The molecule has 0 aromatic rings. The fraction of sp³-hybridized carbons (Fsp3) is 0.875. The van der Waals surface area contributed by atoms with Gasteiger partial charge in [0.25, 0.3) is 0 Å². The summed E-state index contributed by atoms with van der Waals surface area (Å²) in [4.78, 5) is 26.2. The Morgan fingerprint density at radius 2 is 1.85 bits per heavy atom. The molecular formula is C16H28N2O2. The number of hydrogen-bond acceptors (Lipinski definition) is 2. The summed E-state index contributed by atoms with van der Waals surface area (Å²) in [5.74, 6) is 0.249. The molecule has 2 amide bonds. The highest BCUT2D eigenvalue weighted by molar-refractivity contribution is 5.88. The minimum atomic E-state index is -0.196. The molecule has 1 saturated heterocycles. The number of likely N-dealkylation sites (tertiary alicyclic amines) is 1. The molecule has 20 heavy (non-hydrogen) atoms. The van der Waals surface area contributed by atoms with Crippen molar-refractivity contribution in [1.29, 1.82) is 0 Å². The maximum atomic E-state index is 12.2. The second-order valence-corrected chi connectivity index (χ2v) is 6.19. The molecule has 1 aliphatic carbocycles. The third-order valence-electron chi connectivity index (χ3n) is 4.29. The largest absolute Gasteiger partial charge is 0.352 e. The van der Waals surface area contributed by atoms with Crippen LogP contribution < -0.4 is 5.32 Å². The van der Waals surface area contributed by atoms with E-state index < -0.39 is 0 Å². The summed E-state index contributed by atoms with van der Waals surface area (Å²) in [6.07, 6.45) is 10.4. The number of rotatable bonds is 8. The second kappa shape index (κ2) is 7.65. The van der Waals surface area contributed by atoms with Gasteiger partial charge in [0.05, 0.1) is 0 Å². The number of nitrogens with zero attached hydrogens (tertiary/aromatic N) is 1. The molecule has 2 rings (SSSR count). The second-order valence-electron chi connectivity index (χ2n) is 6.19. The predicted molar refractivity (Wildman–Crippen MR) is 79.3 cm³/mol. The maximum absolute atomic E-state index is 12.2. The molecule has 114 valence electrons. The van der Waals surface area contributed by atoms with Gasteiger partial charge in [0.15, 0.2) is 0 Å². The van der Waals surface area contributed by atoms with E-state index in [1.54, 1.807) is 0 Å². The molecule has 0 aromatic carbocycles. The Bertz CT molecular complexity index is 339. The lowest BCUT2D eigenvalue weighted by molar-refractivity contribution is -0.138. The van der Waals surface area contributed by atoms with Crippen molar-refractivity contribution in [3.8, 4) is 0 Å². The molecule has 1 aliphatic heterocycles. The minimum absolute atomic E-state index is 0.0735. The Kier molecular flexibility index (Phi) is 5.86. The lowest BCUT2D eigenvalue weighted by Crippen LogP contribution is -2.46. The van der Waals surface area contributed by atoms with Gasteiger partial charge >= 0.3 is 0 Å². The number of carbonyl (C=O) groups is 2. The Morgan fingerprint density at radius 1 is 1.10 bits per heavy atom. The summed E-state index contributed by atoms with van der Waals surface area (Å²) in [6, 6.07) is 0.188. The van der Waals surface area contributed by atoms with Crippen molar-refractivity contribution in [2.45, 2.75) is 83.2 Å². The average molecular weight is 280 g/mol. The van der Waals surface area contributed by atoms with Gasteiger partial charge in [0, 0.05) is 19.0 Å². The smallest absolute Gasteiger partial charge is 0.243 e. The van der Waals surface area contributed by atoms with E-state index in [1.165, 1.54) is 19.3 Å². The molecular weight excluding hydrogens is 252 g/mol. The predicted octanol–water partition coefficient (Wildman–Crippen LogP) is 2.62. The normalized spacial score (nSPS) is 22.1. The summed E-state index contributed by atoms with van der Waals surface area (Å²) in [5.41, 5.74) is 0. The highest BCUT2D eigenvalue weighted by Gasteiger charge is 2.35. The quantitative estimate of drug-likeness (QED) is 0.695. The van der Waals surface area contributed by atoms with Crippen LogP contribution in [0.3, 0.4) is 0 Å². The van der Waals surface area contributed by atoms with Gasteiger partial charge in [-0.3, -0.25) is 9.59 Å². The first-order chi connectivity index (χ1) is 9.72. The van der Waals surface area contributed by atoms with E-state index in [-0.39, 0.29) is 17.9 Å². The molecule has 0 aromatic heterocycles. The molecule has 2 fully saturated rings. The van der Waals surface area contributed by atoms with Gasteiger partial charge in [-0.25, -0.2) is 0 Å². The fourth-order valence-electron chi connectivity index (χ4n) is 2.89. The summed E-state index contributed by atoms with van der Waals surface area (Å²) in [7, 11) is 0. The fourth-order valence-corrected chi connectivity index (χ4v) is 2.89. The van der Waals surface area contributed by atoms with Gasteiger partial charge in [0.2, 0.25) is 11.8 Å². The van der Waals surface area contributed by atoms with Crippen molar-refractivity contribution in [3.05, 3.63) is 0 Å². The number of unbranched alkanes of at least 4 members (excludes halogenated alkanes) is 4. The molecule has 4 heteroatoms. The number of amides is 2. The lowest BCUT2D eigenvalue weighted by Gasteiger charge is -2.24. The van der Waals surface area contributed by atoms with E-state index >= 15 is 0 Å². The van der Waals surface area contributed by atoms with Gasteiger partial charge in [-0.1, -0.05) is 32.6 Å². The van der Waals surface area contributed by atoms with E-state index in [4.69, 9.17) is 0 Å². The minimum Gasteiger partial charge on any atom is -0.352 e. The third-order valence-corrected chi connectivity index (χ3v) is 4.29. The van der Waals surface area contributed by atoms with E-state index in [1.807, 2.05) is 4.90 Å². The average Bonchev–Trinajstić information content (AvgIpc) is 3.10. The van der Waals surface area contributed by atoms with Crippen molar-refractivity contribution < 1.29 is 9.59 Å². The zero-order valence-electron chi connectivity index (χ0n) is 12.7. The van der Waals surface area contributed by atoms with Gasteiger partial charge in [0.1, 0.15) is 6.04 Å². The zero-order valence-corrected chi connectivity index (χ0v) is 12.7. The van der Waals surface area contributed by atoms with Gasteiger partial charge in [-0.2, -0.15) is 0 Å². The highest BCUT2D eigenvalue weighted by Crippen LogP contribution is 2.23. The Balaban J connectivity index is 1.71. The standard InChI is InChI=1S/C16H28N2O2/c1-2-3-4-5-6-9-15(19)18-12-7-8-14(18)16(20)17-13-10-11-13/h13-14H,2-12H2,1H3,(H,17,20)/t14-/m0/s1. The van der Waals surface area contributed by atoms with Gasteiger partial charge in [-0.05, 0) is 32.1 Å². The van der Waals surface area contributed by atoms with Crippen LogP contribution in [0.5, 0.6) is 0 Å².